The predicted octanol–water partition coefficient (Wildman–Crippen LogP) is 2.71. The van der Waals surface area contributed by atoms with Crippen molar-refractivity contribution in [3.63, 3.8) is 0 Å². The fourth-order valence-corrected chi connectivity index (χ4v) is 4.10. The fourth-order valence-electron chi connectivity index (χ4n) is 2.91. The molecule has 1 saturated heterocycles. The van der Waals surface area contributed by atoms with Crippen LogP contribution in [0.1, 0.15) is 27.7 Å². The molecule has 0 saturated carbocycles. The highest BCUT2D eigenvalue weighted by atomic mass is 32.2. The maximum Gasteiger partial charge on any atom is 0.303 e. The van der Waals surface area contributed by atoms with Gasteiger partial charge in [0.1, 0.15) is 36.2 Å². The Morgan fingerprint density at radius 2 is 1.57 bits per heavy atom. The van der Waals surface area contributed by atoms with Crippen LogP contribution in [0, 0.1) is 11.7 Å². The molecule has 0 aliphatic carbocycles. The third kappa shape index (κ3) is 6.20. The summed E-state index contributed by atoms with van der Waals surface area (Å²) in [6.07, 6.45) is -2.25. The molecule has 2 rings (SSSR count). The number of hydrogen-bond donors (Lipinski definition) is 0. The summed E-state index contributed by atoms with van der Waals surface area (Å²) in [6.45, 7) is 5.45. The number of halogens is 1. The first kappa shape index (κ1) is 22.2. The Kier molecular flexibility index (Phi) is 7.82. The van der Waals surface area contributed by atoms with Gasteiger partial charge in [0.2, 0.25) is 0 Å². The van der Waals surface area contributed by atoms with E-state index in [1.165, 1.54) is 44.7 Å². The standard InChI is InChI=1S/C19H23FO7S/c1-10-17(25-12(3)22)16(9-24-11(2)21)27-19(18(10)26-13(4)23)28-15-7-5-14(20)6-8-15/h5-8,10,16-19H,9H2,1-4H3/t10?,16?,17-,18+,19-/m1/s1. The summed E-state index contributed by atoms with van der Waals surface area (Å²) in [7, 11) is 0. The minimum atomic E-state index is -0.772. The van der Waals surface area contributed by atoms with Crippen molar-refractivity contribution in [2.24, 2.45) is 5.92 Å². The van der Waals surface area contributed by atoms with E-state index in [-0.39, 0.29) is 12.4 Å². The molecule has 9 heteroatoms. The van der Waals surface area contributed by atoms with Crippen molar-refractivity contribution < 1.29 is 37.7 Å². The quantitative estimate of drug-likeness (QED) is 0.519. The SMILES string of the molecule is CC(=O)OCC1O[C@H](Sc2ccc(F)cc2)[C@@H](OC(C)=O)C(C)[C@H]1OC(C)=O. The average molecular weight is 414 g/mol. The van der Waals surface area contributed by atoms with Crippen molar-refractivity contribution in [3.05, 3.63) is 30.1 Å². The summed E-state index contributed by atoms with van der Waals surface area (Å²) < 4.78 is 35.0. The van der Waals surface area contributed by atoms with Crippen molar-refractivity contribution in [2.75, 3.05) is 6.61 Å². The molecule has 1 aliphatic rings. The van der Waals surface area contributed by atoms with E-state index < -0.39 is 47.6 Å². The Morgan fingerprint density at radius 3 is 2.11 bits per heavy atom. The summed E-state index contributed by atoms with van der Waals surface area (Å²) >= 11 is 1.24. The lowest BCUT2D eigenvalue weighted by atomic mass is 9.91. The van der Waals surface area contributed by atoms with E-state index in [0.717, 1.165) is 0 Å². The molecule has 2 unspecified atom stereocenters. The minimum absolute atomic E-state index is 0.120. The molecule has 0 spiro atoms. The number of carbonyl (C=O) groups excluding carboxylic acids is 3. The molecular weight excluding hydrogens is 391 g/mol. The van der Waals surface area contributed by atoms with E-state index in [1.807, 2.05) is 0 Å². The van der Waals surface area contributed by atoms with E-state index in [9.17, 15) is 18.8 Å². The Morgan fingerprint density at radius 1 is 1.00 bits per heavy atom. The van der Waals surface area contributed by atoms with Gasteiger partial charge in [-0.05, 0) is 24.3 Å². The highest BCUT2D eigenvalue weighted by Gasteiger charge is 2.48. The summed E-state index contributed by atoms with van der Waals surface area (Å²) in [5.41, 5.74) is -0.670. The second-order valence-electron chi connectivity index (χ2n) is 6.42. The van der Waals surface area contributed by atoms with Gasteiger partial charge in [-0.3, -0.25) is 14.4 Å². The van der Waals surface area contributed by atoms with Crippen LogP contribution in [0.4, 0.5) is 4.39 Å². The van der Waals surface area contributed by atoms with Crippen molar-refractivity contribution in [1.82, 2.24) is 0 Å². The normalized spacial score (nSPS) is 27.0. The highest BCUT2D eigenvalue weighted by Crippen LogP contribution is 2.38. The number of esters is 3. The van der Waals surface area contributed by atoms with E-state index >= 15 is 0 Å². The summed E-state index contributed by atoms with van der Waals surface area (Å²) in [5.74, 6) is -2.34. The van der Waals surface area contributed by atoms with Crippen LogP contribution < -0.4 is 0 Å². The summed E-state index contributed by atoms with van der Waals surface area (Å²) in [5, 5.41) is 0. The number of benzene rings is 1. The zero-order valence-electron chi connectivity index (χ0n) is 16.0. The molecule has 28 heavy (non-hydrogen) atoms. The lowest BCUT2D eigenvalue weighted by Crippen LogP contribution is -2.56. The zero-order valence-corrected chi connectivity index (χ0v) is 16.9. The molecular formula is C19H23FO7S. The molecule has 1 aromatic carbocycles. The Labute approximate surface area is 166 Å². The third-order valence-corrected chi connectivity index (χ3v) is 5.26. The van der Waals surface area contributed by atoms with Gasteiger partial charge in [0, 0.05) is 31.6 Å². The topological polar surface area (TPSA) is 88.1 Å². The van der Waals surface area contributed by atoms with Crippen molar-refractivity contribution >= 4 is 29.7 Å². The maximum atomic E-state index is 13.2. The molecule has 5 atom stereocenters. The minimum Gasteiger partial charge on any atom is -0.463 e. The lowest BCUT2D eigenvalue weighted by molar-refractivity contribution is -0.212. The molecule has 0 radical (unpaired) electrons. The second kappa shape index (κ2) is 9.88. The van der Waals surface area contributed by atoms with Gasteiger partial charge in [-0.2, -0.15) is 0 Å². The van der Waals surface area contributed by atoms with Crippen LogP contribution in [0.15, 0.2) is 29.2 Å². The first-order chi connectivity index (χ1) is 13.2. The van der Waals surface area contributed by atoms with Crippen LogP contribution in [0.2, 0.25) is 0 Å². The van der Waals surface area contributed by atoms with Gasteiger partial charge in [-0.1, -0.05) is 18.7 Å². The van der Waals surface area contributed by atoms with Crippen LogP contribution in [0.25, 0.3) is 0 Å². The molecule has 0 N–H and O–H groups in total. The second-order valence-corrected chi connectivity index (χ2v) is 7.60. The molecule has 1 fully saturated rings. The third-order valence-electron chi connectivity index (χ3n) is 4.10. The highest BCUT2D eigenvalue weighted by molar-refractivity contribution is 7.99. The number of ether oxygens (including phenoxy) is 4. The van der Waals surface area contributed by atoms with Gasteiger partial charge in [-0.25, -0.2) is 4.39 Å². The molecule has 1 aliphatic heterocycles. The number of hydrogen-bond acceptors (Lipinski definition) is 8. The van der Waals surface area contributed by atoms with Crippen molar-refractivity contribution in [1.29, 1.82) is 0 Å². The largest absolute Gasteiger partial charge is 0.463 e. The van der Waals surface area contributed by atoms with Gasteiger partial charge in [-0.15, -0.1) is 0 Å². The smallest absolute Gasteiger partial charge is 0.303 e. The average Bonchev–Trinajstić information content (AvgIpc) is 2.60. The zero-order chi connectivity index (χ0) is 20.8. The van der Waals surface area contributed by atoms with Crippen molar-refractivity contribution in [2.45, 2.75) is 56.3 Å². The number of rotatable bonds is 6. The summed E-state index contributed by atoms with van der Waals surface area (Å²) in [4.78, 5) is 35.1. The van der Waals surface area contributed by atoms with E-state index in [2.05, 4.69) is 0 Å². The Bertz CT molecular complexity index is 707. The number of thioether (sulfide) groups is 1. The van der Waals surface area contributed by atoms with Crippen LogP contribution in [0.5, 0.6) is 0 Å². The molecule has 0 aromatic heterocycles. The molecule has 7 nitrogen and oxygen atoms in total. The first-order valence-electron chi connectivity index (χ1n) is 8.73. The van der Waals surface area contributed by atoms with Crippen LogP contribution in [-0.2, 0) is 33.3 Å². The lowest BCUT2D eigenvalue weighted by Gasteiger charge is -2.43. The predicted molar refractivity (Wildman–Crippen MR) is 97.8 cm³/mol. The van der Waals surface area contributed by atoms with Gasteiger partial charge in [0.25, 0.3) is 0 Å². The van der Waals surface area contributed by atoms with E-state index in [4.69, 9.17) is 18.9 Å². The van der Waals surface area contributed by atoms with Gasteiger partial charge < -0.3 is 18.9 Å². The number of carbonyl (C=O) groups is 3. The van der Waals surface area contributed by atoms with E-state index in [1.54, 1.807) is 19.1 Å². The van der Waals surface area contributed by atoms with Gasteiger partial charge in [0.05, 0.1) is 0 Å². The van der Waals surface area contributed by atoms with E-state index in [0.29, 0.717) is 4.90 Å². The Hall–Kier alpha value is -2.13. The first-order valence-corrected chi connectivity index (χ1v) is 9.60. The molecule has 1 heterocycles. The molecule has 154 valence electrons. The fraction of sp³-hybridized carbons (Fsp3) is 0.526. The van der Waals surface area contributed by atoms with Crippen LogP contribution >= 0.6 is 11.8 Å². The molecule has 1 aromatic rings. The maximum absolute atomic E-state index is 13.2. The molecule has 0 amide bonds. The van der Waals surface area contributed by atoms with Gasteiger partial charge >= 0.3 is 17.9 Å². The Balaban J connectivity index is 2.28. The van der Waals surface area contributed by atoms with Crippen LogP contribution in [-0.4, -0.2) is 48.3 Å². The van der Waals surface area contributed by atoms with Crippen molar-refractivity contribution in [3.8, 4) is 0 Å². The summed E-state index contributed by atoms with van der Waals surface area (Å²) in [6, 6.07) is 5.79. The molecule has 0 bridgehead atoms. The van der Waals surface area contributed by atoms with Gasteiger partial charge in [0.15, 0.2) is 0 Å². The monoisotopic (exact) mass is 414 g/mol. The van der Waals surface area contributed by atoms with Crippen LogP contribution in [0.3, 0.4) is 0 Å².